The Morgan fingerprint density at radius 3 is 1.83 bits per heavy atom. The Bertz CT molecular complexity index is 1430. The number of phosphoric acid groups is 1. The maximum absolute atomic E-state index is 12.7. The minimum Gasteiger partial charge on any atom is -0.456 e. The molecule has 0 aromatic heterocycles. The third-order valence-corrected chi connectivity index (χ3v) is 11.0. The number of ether oxygens (including phenoxy) is 1. The Kier molecular flexibility index (Phi) is 11.5. The van der Waals surface area contributed by atoms with Gasteiger partial charge in [-0.05, 0) is 90.6 Å². The third kappa shape index (κ3) is 6.61. The third-order valence-electron chi connectivity index (χ3n) is 9.33. The number of benzene rings is 3. The van der Waals surface area contributed by atoms with Gasteiger partial charge in [0.2, 0.25) is 0 Å². The highest BCUT2D eigenvalue weighted by atomic mass is 31.2. The summed E-state index contributed by atoms with van der Waals surface area (Å²) in [5.74, 6) is 1.85. The van der Waals surface area contributed by atoms with Gasteiger partial charge in [-0.25, -0.2) is 4.57 Å². The second-order valence-electron chi connectivity index (χ2n) is 11.8. The molecule has 2 heterocycles. The molecule has 9 heteroatoms. The van der Waals surface area contributed by atoms with E-state index in [0.717, 1.165) is 70.0 Å². The van der Waals surface area contributed by atoms with Gasteiger partial charge < -0.3 is 14.5 Å². The molecule has 1 spiro atoms. The first-order chi connectivity index (χ1) is 22.4. The molecule has 0 saturated heterocycles. The lowest BCUT2D eigenvalue weighted by Gasteiger charge is -2.45. The molecule has 0 N–H and O–H groups in total. The molecule has 0 radical (unpaired) electrons. The van der Waals surface area contributed by atoms with E-state index in [1.54, 1.807) is 13.8 Å². The first kappa shape index (κ1) is 34.5. The SMILES string of the molecule is CCOP(=O)(OCC)OCCCCCN1Cc2ccccc2C12c1ccc(N(CC)CC)cc1Oc1cc(N(CC)CC)ccc12. The van der Waals surface area contributed by atoms with Crippen LogP contribution in [0, 0.1) is 0 Å². The Labute approximate surface area is 276 Å². The fraction of sp³-hybridized carbons (Fsp3) is 0.514. The summed E-state index contributed by atoms with van der Waals surface area (Å²) in [6, 6.07) is 22.5. The van der Waals surface area contributed by atoms with Crippen LogP contribution < -0.4 is 14.5 Å². The fourth-order valence-corrected chi connectivity index (χ4v) is 8.40. The second-order valence-corrected chi connectivity index (χ2v) is 13.4. The highest BCUT2D eigenvalue weighted by Gasteiger charge is 2.52. The predicted octanol–water partition coefficient (Wildman–Crippen LogP) is 8.96. The molecule has 5 rings (SSSR count). The first-order valence-corrected chi connectivity index (χ1v) is 18.7. The molecule has 0 aliphatic carbocycles. The van der Waals surface area contributed by atoms with E-state index in [-0.39, 0.29) is 13.2 Å². The quantitative estimate of drug-likeness (QED) is 0.106. The maximum atomic E-state index is 12.7. The zero-order chi connectivity index (χ0) is 32.7. The summed E-state index contributed by atoms with van der Waals surface area (Å²) in [7, 11) is -3.49. The Morgan fingerprint density at radius 1 is 0.717 bits per heavy atom. The summed E-state index contributed by atoms with van der Waals surface area (Å²) in [5, 5.41) is 0. The van der Waals surface area contributed by atoms with E-state index >= 15 is 0 Å². The molecule has 250 valence electrons. The van der Waals surface area contributed by atoms with Crippen LogP contribution in [0.3, 0.4) is 0 Å². The molecule has 8 nitrogen and oxygen atoms in total. The molecule has 0 amide bonds. The van der Waals surface area contributed by atoms with Crippen molar-refractivity contribution in [2.24, 2.45) is 0 Å². The van der Waals surface area contributed by atoms with E-state index in [4.69, 9.17) is 18.3 Å². The van der Waals surface area contributed by atoms with E-state index < -0.39 is 13.4 Å². The maximum Gasteiger partial charge on any atom is 0.474 e. The zero-order valence-corrected chi connectivity index (χ0v) is 29.5. The molecule has 0 saturated carbocycles. The Balaban J connectivity index is 1.50. The summed E-state index contributed by atoms with van der Waals surface area (Å²) in [4.78, 5) is 7.38. The minimum absolute atomic E-state index is 0.286. The van der Waals surface area contributed by atoms with Crippen molar-refractivity contribution in [1.29, 1.82) is 0 Å². The number of hydrogen-bond acceptors (Lipinski definition) is 8. The monoisotopic (exact) mass is 649 g/mol. The van der Waals surface area contributed by atoms with Crippen molar-refractivity contribution < 1.29 is 22.9 Å². The lowest BCUT2D eigenvalue weighted by atomic mass is 9.74. The van der Waals surface area contributed by atoms with Gasteiger partial charge in [0.1, 0.15) is 17.0 Å². The topological polar surface area (TPSA) is 63.7 Å². The average Bonchev–Trinajstić information content (AvgIpc) is 3.38. The summed E-state index contributed by atoms with van der Waals surface area (Å²) in [5.41, 5.74) is 6.93. The molecule has 3 aromatic carbocycles. The molecular formula is C37H52N3O5P. The summed E-state index contributed by atoms with van der Waals surface area (Å²) in [6.07, 6.45) is 2.67. The van der Waals surface area contributed by atoms with Gasteiger partial charge in [-0.2, -0.15) is 0 Å². The van der Waals surface area contributed by atoms with Gasteiger partial charge in [-0.1, -0.05) is 36.4 Å². The lowest BCUT2D eigenvalue weighted by Crippen LogP contribution is -2.45. The van der Waals surface area contributed by atoms with Gasteiger partial charge in [0.25, 0.3) is 0 Å². The van der Waals surface area contributed by atoms with E-state index in [0.29, 0.717) is 6.61 Å². The van der Waals surface area contributed by atoms with Crippen LogP contribution in [0.15, 0.2) is 60.7 Å². The van der Waals surface area contributed by atoms with Crippen LogP contribution in [-0.4, -0.2) is 57.4 Å². The highest BCUT2D eigenvalue weighted by molar-refractivity contribution is 7.48. The normalized spacial score (nSPS) is 14.9. The molecule has 46 heavy (non-hydrogen) atoms. The zero-order valence-electron chi connectivity index (χ0n) is 28.6. The number of rotatable bonds is 17. The first-order valence-electron chi connectivity index (χ1n) is 17.2. The van der Waals surface area contributed by atoms with Crippen molar-refractivity contribution in [2.75, 3.05) is 62.3 Å². The number of unbranched alkanes of at least 4 members (excludes halogenated alkanes) is 2. The van der Waals surface area contributed by atoms with Crippen molar-refractivity contribution >= 4 is 19.2 Å². The molecular weight excluding hydrogens is 597 g/mol. The van der Waals surface area contributed by atoms with Crippen molar-refractivity contribution in [1.82, 2.24) is 4.90 Å². The van der Waals surface area contributed by atoms with Gasteiger partial charge in [-0.3, -0.25) is 18.5 Å². The molecule has 0 atom stereocenters. The van der Waals surface area contributed by atoms with Gasteiger partial charge >= 0.3 is 7.82 Å². The van der Waals surface area contributed by atoms with E-state index in [1.807, 2.05) is 0 Å². The van der Waals surface area contributed by atoms with Crippen LogP contribution in [0.1, 0.15) is 83.1 Å². The molecule has 2 aliphatic heterocycles. The summed E-state index contributed by atoms with van der Waals surface area (Å²) < 4.78 is 35.8. The van der Waals surface area contributed by atoms with Crippen LogP contribution in [0.4, 0.5) is 11.4 Å². The standard InChI is InChI=1S/C37H52N3O5P/c1-7-38(8-2)30-20-22-33-35(26-30)45-36-27-31(39(9-3)10-4)21-23-34(36)37(33)32-19-15-14-18-29(32)28-40(37)24-16-13-17-25-44-46(41,42-11-5)43-12-6/h14-15,18-23,26-27H,7-13,16-17,24-25,28H2,1-6H3. The van der Waals surface area contributed by atoms with Crippen LogP contribution in [0.5, 0.6) is 11.5 Å². The van der Waals surface area contributed by atoms with Crippen molar-refractivity contribution in [3.63, 3.8) is 0 Å². The van der Waals surface area contributed by atoms with Gasteiger partial charge in [0.15, 0.2) is 0 Å². The molecule has 0 unspecified atom stereocenters. The predicted molar refractivity (Wildman–Crippen MR) is 187 cm³/mol. The number of phosphoric ester groups is 1. The highest BCUT2D eigenvalue weighted by Crippen LogP contribution is 2.58. The summed E-state index contributed by atoms with van der Waals surface area (Å²) >= 11 is 0. The number of nitrogens with zero attached hydrogens (tertiary/aromatic N) is 3. The molecule has 0 bridgehead atoms. The van der Waals surface area contributed by atoms with Gasteiger partial charge in [-0.15, -0.1) is 0 Å². The Morgan fingerprint density at radius 2 is 1.28 bits per heavy atom. The minimum atomic E-state index is -3.49. The number of fused-ring (bicyclic) bond motifs is 6. The van der Waals surface area contributed by atoms with Gasteiger partial charge in [0, 0.05) is 67.4 Å². The molecule has 2 aliphatic rings. The van der Waals surface area contributed by atoms with Crippen molar-refractivity contribution in [3.05, 3.63) is 82.9 Å². The molecule has 0 fully saturated rings. The molecule has 3 aromatic rings. The van der Waals surface area contributed by atoms with Crippen LogP contribution in [0.2, 0.25) is 0 Å². The summed E-state index contributed by atoms with van der Waals surface area (Å²) in [6.45, 7) is 18.8. The van der Waals surface area contributed by atoms with Crippen molar-refractivity contribution in [2.45, 2.75) is 72.9 Å². The van der Waals surface area contributed by atoms with Crippen LogP contribution >= 0.6 is 7.82 Å². The van der Waals surface area contributed by atoms with Crippen molar-refractivity contribution in [3.8, 4) is 11.5 Å². The number of hydrogen-bond donors (Lipinski definition) is 0. The van der Waals surface area contributed by atoms with Crippen LogP contribution in [-0.2, 0) is 30.2 Å². The van der Waals surface area contributed by atoms with Gasteiger partial charge in [0.05, 0.1) is 19.8 Å². The van der Waals surface area contributed by atoms with E-state index in [2.05, 4.69) is 103 Å². The average molecular weight is 650 g/mol. The smallest absolute Gasteiger partial charge is 0.456 e. The van der Waals surface area contributed by atoms with E-state index in [1.165, 1.54) is 33.6 Å². The number of anilines is 2. The van der Waals surface area contributed by atoms with Crippen LogP contribution in [0.25, 0.3) is 0 Å². The van der Waals surface area contributed by atoms with E-state index in [9.17, 15) is 4.57 Å². The largest absolute Gasteiger partial charge is 0.474 e. The lowest BCUT2D eigenvalue weighted by molar-refractivity contribution is 0.118. The fourth-order valence-electron chi connectivity index (χ4n) is 7.19. The Hall–Kier alpha value is -2.87. The second kappa shape index (κ2) is 15.4.